The molecule has 5 nitrogen and oxygen atoms in total. The van der Waals surface area contributed by atoms with Crippen LogP contribution in [0.4, 0.5) is 0 Å². The lowest BCUT2D eigenvalue weighted by Gasteiger charge is -2.29. The van der Waals surface area contributed by atoms with Crippen molar-refractivity contribution in [1.29, 1.82) is 0 Å². The molecule has 1 unspecified atom stereocenters. The SMILES string of the molecule is CN(Cc1cc(-c2ccccc2)n[nH]1)CC(O)C1CCNCC1. The standard InChI is InChI=1S/C18H26N4O/c1-22(13-18(23)15-7-9-19-10-8-15)12-16-11-17(21-20-16)14-5-3-2-4-6-14/h2-6,11,15,18-19,23H,7-10,12-13H2,1H3,(H,20,21). The van der Waals surface area contributed by atoms with Gasteiger partial charge in [-0.05, 0) is 45.0 Å². The van der Waals surface area contributed by atoms with Crippen molar-refractivity contribution in [2.75, 3.05) is 26.7 Å². The Balaban J connectivity index is 1.53. The summed E-state index contributed by atoms with van der Waals surface area (Å²) in [5.41, 5.74) is 3.16. The minimum absolute atomic E-state index is 0.251. The van der Waals surface area contributed by atoms with Crippen LogP contribution in [0.15, 0.2) is 36.4 Å². The Labute approximate surface area is 137 Å². The maximum absolute atomic E-state index is 10.4. The minimum Gasteiger partial charge on any atom is -0.392 e. The summed E-state index contributed by atoms with van der Waals surface area (Å²) in [4.78, 5) is 2.16. The number of nitrogens with zero attached hydrogens (tertiary/aromatic N) is 2. The number of H-pyrrole nitrogens is 1. The maximum atomic E-state index is 10.4. The van der Waals surface area contributed by atoms with Crippen LogP contribution in [0.5, 0.6) is 0 Å². The monoisotopic (exact) mass is 314 g/mol. The van der Waals surface area contributed by atoms with Crippen LogP contribution in [-0.4, -0.2) is 53.0 Å². The third-order valence-corrected chi connectivity index (χ3v) is 4.57. The third kappa shape index (κ3) is 4.41. The number of nitrogens with one attached hydrogen (secondary N) is 2. The zero-order valence-corrected chi connectivity index (χ0v) is 13.7. The molecular weight excluding hydrogens is 288 g/mol. The van der Waals surface area contributed by atoms with E-state index in [0.717, 1.165) is 49.4 Å². The first kappa shape index (κ1) is 16.2. The van der Waals surface area contributed by atoms with Gasteiger partial charge in [0, 0.05) is 24.3 Å². The molecule has 2 heterocycles. The Hall–Kier alpha value is -1.69. The molecule has 1 aromatic carbocycles. The molecule has 1 aliphatic rings. The number of likely N-dealkylation sites (N-methyl/N-ethyl adjacent to an activating group) is 1. The summed E-state index contributed by atoms with van der Waals surface area (Å²) in [6.45, 7) is 3.51. The summed E-state index contributed by atoms with van der Waals surface area (Å²) >= 11 is 0. The number of aliphatic hydroxyl groups excluding tert-OH is 1. The van der Waals surface area contributed by atoms with E-state index >= 15 is 0 Å². The molecule has 1 aliphatic heterocycles. The highest BCUT2D eigenvalue weighted by atomic mass is 16.3. The van der Waals surface area contributed by atoms with Crippen LogP contribution in [0.2, 0.25) is 0 Å². The Morgan fingerprint density at radius 1 is 1.26 bits per heavy atom. The molecule has 1 saturated heterocycles. The van der Waals surface area contributed by atoms with Crippen LogP contribution in [-0.2, 0) is 6.54 Å². The lowest BCUT2D eigenvalue weighted by atomic mass is 9.92. The number of aromatic nitrogens is 2. The average molecular weight is 314 g/mol. The van der Waals surface area contributed by atoms with Crippen molar-refractivity contribution in [3.63, 3.8) is 0 Å². The van der Waals surface area contributed by atoms with Crippen LogP contribution < -0.4 is 5.32 Å². The number of aliphatic hydroxyl groups is 1. The van der Waals surface area contributed by atoms with Crippen molar-refractivity contribution in [2.24, 2.45) is 5.92 Å². The summed E-state index contributed by atoms with van der Waals surface area (Å²) in [6.07, 6.45) is 1.88. The van der Waals surface area contributed by atoms with Gasteiger partial charge in [0.1, 0.15) is 0 Å². The van der Waals surface area contributed by atoms with Crippen LogP contribution in [0, 0.1) is 5.92 Å². The van der Waals surface area contributed by atoms with E-state index in [2.05, 4.69) is 38.6 Å². The Bertz CT molecular complexity index is 592. The Morgan fingerprint density at radius 2 is 2.00 bits per heavy atom. The van der Waals surface area contributed by atoms with Gasteiger partial charge in [-0.15, -0.1) is 0 Å². The van der Waals surface area contributed by atoms with E-state index in [0.29, 0.717) is 12.5 Å². The van der Waals surface area contributed by atoms with Gasteiger partial charge in [-0.3, -0.25) is 10.00 Å². The second-order valence-corrected chi connectivity index (χ2v) is 6.50. The molecule has 3 N–H and O–H groups in total. The molecule has 23 heavy (non-hydrogen) atoms. The molecule has 1 fully saturated rings. The molecule has 5 heteroatoms. The number of rotatable bonds is 6. The Kier molecular flexibility index (Phi) is 5.43. The lowest BCUT2D eigenvalue weighted by Crippen LogP contribution is -2.39. The van der Waals surface area contributed by atoms with Crippen LogP contribution in [0.3, 0.4) is 0 Å². The van der Waals surface area contributed by atoms with Crippen molar-refractivity contribution in [1.82, 2.24) is 20.4 Å². The molecule has 0 radical (unpaired) electrons. The van der Waals surface area contributed by atoms with E-state index < -0.39 is 0 Å². The lowest BCUT2D eigenvalue weighted by molar-refractivity contribution is 0.0559. The van der Waals surface area contributed by atoms with Gasteiger partial charge >= 0.3 is 0 Å². The van der Waals surface area contributed by atoms with Gasteiger partial charge in [-0.1, -0.05) is 30.3 Å². The first-order valence-corrected chi connectivity index (χ1v) is 8.39. The number of hydrogen-bond donors (Lipinski definition) is 3. The van der Waals surface area contributed by atoms with E-state index in [1.807, 2.05) is 25.2 Å². The van der Waals surface area contributed by atoms with Crippen molar-refractivity contribution in [2.45, 2.75) is 25.5 Å². The summed E-state index contributed by atoms with van der Waals surface area (Å²) in [5, 5.41) is 21.2. The van der Waals surface area contributed by atoms with Crippen molar-refractivity contribution in [3.8, 4) is 11.3 Å². The molecule has 124 valence electrons. The Morgan fingerprint density at radius 3 is 2.74 bits per heavy atom. The molecule has 1 aromatic heterocycles. The summed E-state index contributed by atoms with van der Waals surface area (Å²) in [7, 11) is 2.05. The first-order chi connectivity index (χ1) is 11.2. The highest BCUT2D eigenvalue weighted by Crippen LogP contribution is 2.19. The van der Waals surface area contributed by atoms with Gasteiger partial charge in [0.15, 0.2) is 0 Å². The van der Waals surface area contributed by atoms with Gasteiger partial charge in [0.05, 0.1) is 11.8 Å². The van der Waals surface area contributed by atoms with E-state index in [1.54, 1.807) is 0 Å². The van der Waals surface area contributed by atoms with Gasteiger partial charge < -0.3 is 10.4 Å². The third-order valence-electron chi connectivity index (χ3n) is 4.57. The van der Waals surface area contributed by atoms with Crippen molar-refractivity contribution < 1.29 is 5.11 Å². The summed E-state index contributed by atoms with van der Waals surface area (Å²) in [5.74, 6) is 0.417. The van der Waals surface area contributed by atoms with Gasteiger partial charge in [0.25, 0.3) is 0 Å². The molecule has 3 rings (SSSR count). The number of benzene rings is 1. The molecular formula is C18H26N4O. The van der Waals surface area contributed by atoms with E-state index in [1.165, 1.54) is 0 Å². The summed E-state index contributed by atoms with van der Waals surface area (Å²) < 4.78 is 0. The van der Waals surface area contributed by atoms with Gasteiger partial charge in [-0.25, -0.2) is 0 Å². The highest BCUT2D eigenvalue weighted by molar-refractivity contribution is 5.58. The van der Waals surface area contributed by atoms with Crippen LogP contribution in [0.25, 0.3) is 11.3 Å². The largest absolute Gasteiger partial charge is 0.392 e. The summed E-state index contributed by atoms with van der Waals surface area (Å²) in [6, 6.07) is 12.3. The second kappa shape index (κ2) is 7.73. The van der Waals surface area contributed by atoms with Crippen molar-refractivity contribution >= 4 is 0 Å². The fourth-order valence-electron chi connectivity index (χ4n) is 3.25. The van der Waals surface area contributed by atoms with Crippen molar-refractivity contribution in [3.05, 3.63) is 42.1 Å². The van der Waals surface area contributed by atoms with Crippen LogP contribution >= 0.6 is 0 Å². The molecule has 0 spiro atoms. The fraction of sp³-hybridized carbons (Fsp3) is 0.500. The molecule has 0 aliphatic carbocycles. The second-order valence-electron chi connectivity index (χ2n) is 6.50. The number of piperidine rings is 1. The van der Waals surface area contributed by atoms with E-state index in [4.69, 9.17) is 0 Å². The molecule has 0 bridgehead atoms. The van der Waals surface area contributed by atoms with E-state index in [-0.39, 0.29) is 6.10 Å². The number of aromatic amines is 1. The van der Waals surface area contributed by atoms with E-state index in [9.17, 15) is 5.11 Å². The maximum Gasteiger partial charge on any atom is 0.0924 e. The quantitative estimate of drug-likeness (QED) is 0.762. The van der Waals surface area contributed by atoms with Gasteiger partial charge in [0.2, 0.25) is 0 Å². The molecule has 0 saturated carbocycles. The predicted molar refractivity (Wildman–Crippen MR) is 92.0 cm³/mol. The molecule has 2 aromatic rings. The topological polar surface area (TPSA) is 64.2 Å². The first-order valence-electron chi connectivity index (χ1n) is 8.39. The normalized spacial score (nSPS) is 17.5. The molecule has 1 atom stereocenters. The van der Waals surface area contributed by atoms with Crippen LogP contribution in [0.1, 0.15) is 18.5 Å². The average Bonchev–Trinajstić information content (AvgIpc) is 3.04. The fourth-order valence-corrected chi connectivity index (χ4v) is 3.25. The highest BCUT2D eigenvalue weighted by Gasteiger charge is 2.22. The predicted octanol–water partition coefficient (Wildman–Crippen LogP) is 1.87. The molecule has 0 amide bonds. The smallest absolute Gasteiger partial charge is 0.0924 e. The van der Waals surface area contributed by atoms with Gasteiger partial charge in [-0.2, -0.15) is 5.10 Å². The zero-order valence-electron chi connectivity index (χ0n) is 13.7. The zero-order chi connectivity index (χ0) is 16.1. The minimum atomic E-state index is -0.251. The number of hydrogen-bond acceptors (Lipinski definition) is 4.